The lowest BCUT2D eigenvalue weighted by atomic mass is 10.2. The molecular weight excluding hydrogens is 310 g/mol. The Bertz CT molecular complexity index is 584. The first-order chi connectivity index (χ1) is 11.2. The fourth-order valence-corrected chi connectivity index (χ4v) is 2.89. The quantitative estimate of drug-likeness (QED) is 0.676. The van der Waals surface area contributed by atoms with E-state index < -0.39 is 0 Å². The molecule has 1 amide bonds. The highest BCUT2D eigenvalue weighted by Crippen LogP contribution is 2.13. The molecule has 0 aliphatic carbocycles. The number of benzene rings is 1. The molecule has 2 aromatic rings. The van der Waals surface area contributed by atoms with Gasteiger partial charge in [-0.05, 0) is 31.0 Å². The number of aryl methyl sites for hydroxylation is 1. The van der Waals surface area contributed by atoms with Crippen molar-refractivity contribution in [1.29, 1.82) is 0 Å². The fraction of sp³-hybridized carbons (Fsp3) is 0.389. The Balaban J connectivity index is 1.47. The van der Waals surface area contributed by atoms with Crippen LogP contribution >= 0.6 is 11.8 Å². The van der Waals surface area contributed by atoms with Gasteiger partial charge >= 0.3 is 0 Å². The molecule has 1 aromatic heterocycles. The molecule has 0 saturated heterocycles. The first kappa shape index (κ1) is 17.6. The third kappa shape index (κ3) is 7.39. The van der Waals surface area contributed by atoms with Gasteiger partial charge in [-0.15, -0.1) is 11.8 Å². The van der Waals surface area contributed by atoms with E-state index in [9.17, 15) is 4.79 Å². The molecule has 0 atom stereocenters. The second kappa shape index (κ2) is 10.1. The van der Waals surface area contributed by atoms with E-state index in [4.69, 9.17) is 9.15 Å². The fourth-order valence-electron chi connectivity index (χ4n) is 2.08. The zero-order valence-electron chi connectivity index (χ0n) is 13.4. The van der Waals surface area contributed by atoms with Gasteiger partial charge in [0.2, 0.25) is 5.91 Å². The molecule has 0 saturated carbocycles. The number of nitrogens with one attached hydrogen (secondary N) is 1. The van der Waals surface area contributed by atoms with Gasteiger partial charge in [0.1, 0.15) is 12.4 Å². The van der Waals surface area contributed by atoms with Crippen molar-refractivity contribution in [3.05, 3.63) is 59.5 Å². The monoisotopic (exact) mass is 333 g/mol. The van der Waals surface area contributed by atoms with Crippen LogP contribution in [0.1, 0.15) is 23.3 Å². The molecule has 0 spiro atoms. The van der Waals surface area contributed by atoms with Gasteiger partial charge in [-0.1, -0.05) is 29.8 Å². The lowest BCUT2D eigenvalue weighted by Crippen LogP contribution is -2.26. The number of hydrogen-bond acceptors (Lipinski definition) is 4. The summed E-state index contributed by atoms with van der Waals surface area (Å²) in [6.07, 6.45) is 2.43. The van der Waals surface area contributed by atoms with Gasteiger partial charge in [-0.3, -0.25) is 4.79 Å². The standard InChI is InChI=1S/C18H23NO3S/c1-15-5-2-6-16(11-15)13-23-14-18(20)19-8-4-9-21-12-17-7-3-10-22-17/h2-3,5-7,10-11H,4,8-9,12-14H2,1H3,(H,19,20). The summed E-state index contributed by atoms with van der Waals surface area (Å²) in [6, 6.07) is 12.1. The normalized spacial score (nSPS) is 10.7. The van der Waals surface area contributed by atoms with E-state index in [1.54, 1.807) is 18.0 Å². The number of amides is 1. The predicted molar refractivity (Wildman–Crippen MR) is 93.3 cm³/mol. The molecule has 0 aliphatic rings. The first-order valence-electron chi connectivity index (χ1n) is 7.74. The van der Waals surface area contributed by atoms with Crippen molar-refractivity contribution in [2.45, 2.75) is 25.7 Å². The average molecular weight is 333 g/mol. The molecule has 5 heteroatoms. The zero-order chi connectivity index (χ0) is 16.3. The van der Waals surface area contributed by atoms with Gasteiger partial charge in [0, 0.05) is 18.9 Å². The SMILES string of the molecule is Cc1cccc(CSCC(=O)NCCCOCc2ccco2)c1. The van der Waals surface area contributed by atoms with Gasteiger partial charge < -0.3 is 14.5 Å². The van der Waals surface area contributed by atoms with Gasteiger partial charge in [-0.2, -0.15) is 0 Å². The summed E-state index contributed by atoms with van der Waals surface area (Å²) in [5.74, 6) is 2.25. The molecule has 23 heavy (non-hydrogen) atoms. The predicted octanol–water partition coefficient (Wildman–Crippen LogP) is 3.54. The number of furan rings is 1. The van der Waals surface area contributed by atoms with E-state index in [0.29, 0.717) is 25.5 Å². The molecule has 0 radical (unpaired) electrons. The van der Waals surface area contributed by atoms with Crippen molar-refractivity contribution < 1.29 is 13.9 Å². The van der Waals surface area contributed by atoms with E-state index in [0.717, 1.165) is 17.9 Å². The molecule has 124 valence electrons. The molecule has 0 fully saturated rings. The molecule has 0 bridgehead atoms. The second-order valence-corrected chi connectivity index (χ2v) is 6.30. The summed E-state index contributed by atoms with van der Waals surface area (Å²) in [6.45, 7) is 3.81. The van der Waals surface area contributed by atoms with Gasteiger partial charge in [0.15, 0.2) is 0 Å². The molecule has 4 nitrogen and oxygen atoms in total. The van der Waals surface area contributed by atoms with Crippen molar-refractivity contribution in [2.75, 3.05) is 18.9 Å². The molecule has 1 aromatic carbocycles. The molecule has 2 rings (SSSR count). The minimum Gasteiger partial charge on any atom is -0.467 e. The van der Waals surface area contributed by atoms with Gasteiger partial charge in [0.05, 0.1) is 12.0 Å². The Kier molecular flexibility index (Phi) is 7.77. The Morgan fingerprint density at radius 3 is 3.00 bits per heavy atom. The lowest BCUT2D eigenvalue weighted by Gasteiger charge is -2.06. The molecule has 1 heterocycles. The van der Waals surface area contributed by atoms with E-state index in [2.05, 4.69) is 30.4 Å². The first-order valence-corrected chi connectivity index (χ1v) is 8.89. The molecule has 1 N–H and O–H groups in total. The maximum atomic E-state index is 11.7. The summed E-state index contributed by atoms with van der Waals surface area (Å²) < 4.78 is 10.6. The van der Waals surface area contributed by atoms with E-state index >= 15 is 0 Å². The number of carbonyl (C=O) groups is 1. The van der Waals surface area contributed by atoms with Crippen LogP contribution in [-0.2, 0) is 21.9 Å². The average Bonchev–Trinajstić information content (AvgIpc) is 3.04. The minimum absolute atomic E-state index is 0.0775. The van der Waals surface area contributed by atoms with E-state index in [1.165, 1.54) is 11.1 Å². The number of rotatable bonds is 10. The summed E-state index contributed by atoms with van der Waals surface area (Å²) in [7, 11) is 0. The summed E-state index contributed by atoms with van der Waals surface area (Å²) in [5, 5.41) is 2.91. The van der Waals surface area contributed by atoms with Crippen LogP contribution < -0.4 is 5.32 Å². The topological polar surface area (TPSA) is 51.5 Å². The van der Waals surface area contributed by atoms with Crippen LogP contribution in [0, 0.1) is 6.92 Å². The summed E-state index contributed by atoms with van der Waals surface area (Å²) >= 11 is 1.63. The second-order valence-electron chi connectivity index (χ2n) is 5.32. The molecular formula is C18H23NO3S. The molecule has 0 unspecified atom stereocenters. The number of hydrogen-bond donors (Lipinski definition) is 1. The maximum absolute atomic E-state index is 11.7. The van der Waals surface area contributed by atoms with Crippen LogP contribution in [0.5, 0.6) is 0 Å². The third-order valence-electron chi connectivity index (χ3n) is 3.20. The number of ether oxygens (including phenoxy) is 1. The van der Waals surface area contributed by atoms with Gasteiger partial charge in [0.25, 0.3) is 0 Å². The maximum Gasteiger partial charge on any atom is 0.230 e. The Hall–Kier alpha value is -1.72. The minimum atomic E-state index is 0.0775. The third-order valence-corrected chi connectivity index (χ3v) is 4.20. The van der Waals surface area contributed by atoms with Crippen LogP contribution in [0.25, 0.3) is 0 Å². The smallest absolute Gasteiger partial charge is 0.230 e. The zero-order valence-corrected chi connectivity index (χ0v) is 14.2. The van der Waals surface area contributed by atoms with Crippen molar-refractivity contribution in [3.63, 3.8) is 0 Å². The summed E-state index contributed by atoms with van der Waals surface area (Å²) in [5.41, 5.74) is 2.51. The Morgan fingerprint density at radius 2 is 2.22 bits per heavy atom. The van der Waals surface area contributed by atoms with Crippen molar-refractivity contribution >= 4 is 17.7 Å². The number of carbonyl (C=O) groups excluding carboxylic acids is 1. The highest BCUT2D eigenvalue weighted by molar-refractivity contribution is 7.99. The lowest BCUT2D eigenvalue weighted by molar-refractivity contribution is -0.118. The van der Waals surface area contributed by atoms with Crippen molar-refractivity contribution in [2.24, 2.45) is 0 Å². The molecule has 0 aliphatic heterocycles. The Labute approximate surface area is 141 Å². The number of thioether (sulfide) groups is 1. The van der Waals surface area contributed by atoms with Crippen LogP contribution in [-0.4, -0.2) is 24.8 Å². The van der Waals surface area contributed by atoms with Crippen LogP contribution in [0.4, 0.5) is 0 Å². The van der Waals surface area contributed by atoms with Gasteiger partial charge in [-0.25, -0.2) is 0 Å². The van der Waals surface area contributed by atoms with Crippen LogP contribution in [0.15, 0.2) is 47.1 Å². The largest absolute Gasteiger partial charge is 0.467 e. The van der Waals surface area contributed by atoms with Crippen molar-refractivity contribution in [1.82, 2.24) is 5.32 Å². The summed E-state index contributed by atoms with van der Waals surface area (Å²) in [4.78, 5) is 11.7. The Morgan fingerprint density at radius 1 is 1.30 bits per heavy atom. The van der Waals surface area contributed by atoms with Crippen molar-refractivity contribution in [3.8, 4) is 0 Å². The van der Waals surface area contributed by atoms with E-state index in [-0.39, 0.29) is 5.91 Å². The highest BCUT2D eigenvalue weighted by Gasteiger charge is 2.02. The van der Waals surface area contributed by atoms with Crippen LogP contribution in [0.3, 0.4) is 0 Å². The highest BCUT2D eigenvalue weighted by atomic mass is 32.2. The van der Waals surface area contributed by atoms with Crippen LogP contribution in [0.2, 0.25) is 0 Å². The van der Waals surface area contributed by atoms with E-state index in [1.807, 2.05) is 18.2 Å².